The van der Waals surface area contributed by atoms with Gasteiger partial charge in [0.1, 0.15) is 0 Å². The number of ketones is 1. The molecule has 0 fully saturated rings. The summed E-state index contributed by atoms with van der Waals surface area (Å²) in [5, 5.41) is 1.09. The van der Waals surface area contributed by atoms with Gasteiger partial charge in [-0.2, -0.15) is 0 Å². The Morgan fingerprint density at radius 3 is 2.63 bits per heavy atom. The minimum absolute atomic E-state index is 0.0645. The van der Waals surface area contributed by atoms with E-state index in [9.17, 15) is 4.79 Å². The third-order valence-electron chi connectivity index (χ3n) is 2.87. The molecule has 0 radical (unpaired) electrons. The first-order valence-electron chi connectivity index (χ1n) is 5.80. The Balaban J connectivity index is 2.30. The van der Waals surface area contributed by atoms with Crippen molar-refractivity contribution in [2.75, 3.05) is 5.73 Å². The van der Waals surface area contributed by atoms with Gasteiger partial charge >= 0.3 is 0 Å². The van der Waals surface area contributed by atoms with Crippen molar-refractivity contribution in [3.63, 3.8) is 0 Å². The van der Waals surface area contributed by atoms with Crippen molar-refractivity contribution in [3.05, 3.63) is 63.1 Å². The van der Waals surface area contributed by atoms with Crippen LogP contribution in [0.4, 0.5) is 5.69 Å². The van der Waals surface area contributed by atoms with E-state index in [-0.39, 0.29) is 12.2 Å². The van der Waals surface area contributed by atoms with E-state index >= 15 is 0 Å². The van der Waals surface area contributed by atoms with E-state index in [1.807, 2.05) is 13.0 Å². The maximum atomic E-state index is 12.3. The summed E-state index contributed by atoms with van der Waals surface area (Å²) in [5.41, 5.74) is 8.54. The Bertz CT molecular complexity index is 638. The molecule has 0 spiro atoms. The highest BCUT2D eigenvalue weighted by Gasteiger charge is 2.13. The van der Waals surface area contributed by atoms with E-state index in [0.29, 0.717) is 26.9 Å². The molecular weight excluding hydrogens is 281 g/mol. The van der Waals surface area contributed by atoms with Gasteiger partial charge in [-0.1, -0.05) is 34.8 Å². The van der Waals surface area contributed by atoms with Crippen molar-refractivity contribution in [2.45, 2.75) is 13.3 Å². The Morgan fingerprint density at radius 1 is 1.16 bits per heavy atom. The molecule has 98 valence electrons. The first kappa shape index (κ1) is 13.9. The van der Waals surface area contributed by atoms with Gasteiger partial charge in [0.2, 0.25) is 0 Å². The first-order valence-corrected chi connectivity index (χ1v) is 6.56. The number of carbonyl (C=O) groups excluding carboxylic acids is 1. The lowest BCUT2D eigenvalue weighted by Gasteiger charge is -2.08. The number of aryl methyl sites for hydroxylation is 1. The van der Waals surface area contributed by atoms with Crippen molar-refractivity contribution in [1.82, 2.24) is 0 Å². The van der Waals surface area contributed by atoms with Gasteiger partial charge in [0.25, 0.3) is 0 Å². The monoisotopic (exact) mass is 293 g/mol. The number of anilines is 1. The van der Waals surface area contributed by atoms with Gasteiger partial charge in [0.05, 0.1) is 0 Å². The van der Waals surface area contributed by atoms with E-state index < -0.39 is 0 Å². The van der Waals surface area contributed by atoms with Gasteiger partial charge in [-0.3, -0.25) is 4.79 Å². The van der Waals surface area contributed by atoms with Crippen molar-refractivity contribution in [1.29, 1.82) is 0 Å². The van der Waals surface area contributed by atoms with Gasteiger partial charge < -0.3 is 5.73 Å². The molecule has 0 aliphatic heterocycles. The predicted molar refractivity (Wildman–Crippen MR) is 80.1 cm³/mol. The zero-order valence-corrected chi connectivity index (χ0v) is 11.9. The second-order valence-electron chi connectivity index (χ2n) is 4.43. The highest BCUT2D eigenvalue weighted by molar-refractivity contribution is 6.33. The number of nitrogens with two attached hydrogens (primary N) is 1. The van der Waals surface area contributed by atoms with Crippen LogP contribution in [0, 0.1) is 6.92 Å². The Kier molecular flexibility index (Phi) is 4.13. The van der Waals surface area contributed by atoms with Crippen LogP contribution in [0.25, 0.3) is 0 Å². The Labute approximate surface area is 122 Å². The first-order chi connectivity index (χ1) is 8.97. The maximum absolute atomic E-state index is 12.3. The molecule has 0 aliphatic rings. The van der Waals surface area contributed by atoms with E-state index in [4.69, 9.17) is 28.9 Å². The lowest BCUT2D eigenvalue weighted by Crippen LogP contribution is -2.07. The molecule has 0 saturated heterocycles. The van der Waals surface area contributed by atoms with Gasteiger partial charge in [0, 0.05) is 27.7 Å². The number of hydrogen-bond donors (Lipinski definition) is 1. The lowest BCUT2D eigenvalue weighted by molar-refractivity contribution is 0.0994. The van der Waals surface area contributed by atoms with E-state index in [2.05, 4.69) is 0 Å². The minimum Gasteiger partial charge on any atom is -0.398 e. The summed E-state index contributed by atoms with van der Waals surface area (Å²) in [4.78, 5) is 12.3. The molecular formula is C15H13Cl2NO. The molecule has 0 amide bonds. The highest BCUT2D eigenvalue weighted by Crippen LogP contribution is 2.23. The van der Waals surface area contributed by atoms with Gasteiger partial charge in [-0.05, 0) is 42.8 Å². The van der Waals surface area contributed by atoms with Crippen molar-refractivity contribution < 1.29 is 4.79 Å². The molecule has 2 nitrogen and oxygen atoms in total. The highest BCUT2D eigenvalue weighted by atomic mass is 35.5. The van der Waals surface area contributed by atoms with Gasteiger partial charge in [-0.25, -0.2) is 0 Å². The molecule has 2 aromatic rings. The summed E-state index contributed by atoms with van der Waals surface area (Å²) in [6.07, 6.45) is 0.188. The van der Waals surface area contributed by atoms with Gasteiger partial charge in [-0.15, -0.1) is 0 Å². The number of benzene rings is 2. The number of hydrogen-bond acceptors (Lipinski definition) is 2. The fraction of sp³-hybridized carbons (Fsp3) is 0.133. The molecule has 2 N–H and O–H groups in total. The van der Waals surface area contributed by atoms with Crippen LogP contribution < -0.4 is 5.73 Å². The third-order valence-corrected chi connectivity index (χ3v) is 3.47. The molecule has 0 heterocycles. The zero-order valence-electron chi connectivity index (χ0n) is 10.4. The van der Waals surface area contributed by atoms with Crippen LogP contribution >= 0.6 is 23.2 Å². The van der Waals surface area contributed by atoms with E-state index in [1.165, 1.54) is 0 Å². The molecule has 0 aliphatic carbocycles. The molecule has 19 heavy (non-hydrogen) atoms. The SMILES string of the molecule is Cc1ccc(N)c(C(=O)Cc2cc(Cl)ccc2Cl)c1. The van der Waals surface area contributed by atoms with Crippen LogP contribution in [0.15, 0.2) is 36.4 Å². The summed E-state index contributed by atoms with van der Waals surface area (Å²) in [6, 6.07) is 10.5. The summed E-state index contributed by atoms with van der Waals surface area (Å²) < 4.78 is 0. The average Bonchev–Trinajstić information content (AvgIpc) is 2.36. The second-order valence-corrected chi connectivity index (χ2v) is 5.27. The third kappa shape index (κ3) is 3.28. The normalized spacial score (nSPS) is 10.5. The van der Waals surface area contributed by atoms with Crippen molar-refractivity contribution >= 4 is 34.7 Å². The van der Waals surface area contributed by atoms with Gasteiger partial charge in [0.15, 0.2) is 5.78 Å². The Hall–Kier alpha value is -1.51. The quantitative estimate of drug-likeness (QED) is 0.677. The largest absolute Gasteiger partial charge is 0.398 e. The molecule has 0 aromatic heterocycles. The van der Waals surface area contributed by atoms with E-state index in [0.717, 1.165) is 5.56 Å². The minimum atomic E-state index is -0.0645. The fourth-order valence-corrected chi connectivity index (χ4v) is 2.24. The molecule has 2 aromatic carbocycles. The van der Waals surface area contributed by atoms with Crippen molar-refractivity contribution in [2.24, 2.45) is 0 Å². The van der Waals surface area contributed by atoms with Crippen LogP contribution in [0.2, 0.25) is 10.0 Å². The predicted octanol–water partition coefficient (Wildman–Crippen LogP) is 4.31. The topological polar surface area (TPSA) is 43.1 Å². The molecule has 0 atom stereocenters. The van der Waals surface area contributed by atoms with Crippen LogP contribution in [0.5, 0.6) is 0 Å². The average molecular weight is 294 g/mol. The van der Waals surface area contributed by atoms with E-state index in [1.54, 1.807) is 30.3 Å². The van der Waals surface area contributed by atoms with Crippen LogP contribution in [0.3, 0.4) is 0 Å². The maximum Gasteiger partial charge on any atom is 0.169 e. The summed E-state index contributed by atoms with van der Waals surface area (Å²) in [6.45, 7) is 1.92. The Morgan fingerprint density at radius 2 is 1.89 bits per heavy atom. The van der Waals surface area contributed by atoms with Crippen LogP contribution in [0.1, 0.15) is 21.5 Å². The number of halogens is 2. The fourth-order valence-electron chi connectivity index (χ4n) is 1.86. The zero-order chi connectivity index (χ0) is 14.0. The molecule has 4 heteroatoms. The summed E-state index contributed by atoms with van der Waals surface area (Å²) >= 11 is 12.0. The lowest BCUT2D eigenvalue weighted by atomic mass is 10.00. The number of Topliss-reactive ketones (excluding diaryl/α,β-unsaturated/α-hetero) is 1. The molecule has 0 unspecified atom stereocenters. The van der Waals surface area contributed by atoms with Crippen molar-refractivity contribution in [3.8, 4) is 0 Å². The number of carbonyl (C=O) groups is 1. The van der Waals surface area contributed by atoms with Crippen LogP contribution in [-0.2, 0) is 6.42 Å². The smallest absolute Gasteiger partial charge is 0.169 e. The summed E-state index contributed by atoms with van der Waals surface area (Å²) in [7, 11) is 0. The molecule has 2 rings (SSSR count). The number of rotatable bonds is 3. The molecule has 0 bridgehead atoms. The number of nitrogen functional groups attached to an aromatic ring is 1. The summed E-state index contributed by atoms with van der Waals surface area (Å²) in [5.74, 6) is -0.0645. The standard InChI is InChI=1S/C15H13Cl2NO/c1-9-2-5-14(18)12(6-9)15(19)8-10-7-11(16)3-4-13(10)17/h2-7H,8,18H2,1H3. The molecule has 0 saturated carbocycles. The van der Waals surface area contributed by atoms with Crippen LogP contribution in [-0.4, -0.2) is 5.78 Å². The second kappa shape index (κ2) is 5.64.